The van der Waals surface area contributed by atoms with Crippen LogP contribution >= 0.6 is 28.1 Å². The summed E-state index contributed by atoms with van der Waals surface area (Å²) in [4.78, 5) is 0.0974. The van der Waals surface area contributed by atoms with Crippen LogP contribution in [0.2, 0.25) is 0 Å². The number of halogens is 1. The van der Waals surface area contributed by atoms with Crippen molar-refractivity contribution < 1.29 is 13.6 Å². The van der Waals surface area contributed by atoms with Crippen molar-refractivity contribution in [3.8, 4) is 5.75 Å². The molecular weight excluding hydrogens is 256 g/mol. The van der Waals surface area contributed by atoms with Crippen molar-refractivity contribution in [2.75, 3.05) is 7.11 Å². The molecule has 0 amide bonds. The highest BCUT2D eigenvalue weighted by Crippen LogP contribution is 2.32. The fraction of sp³-hybridized carbons (Fsp3) is 0.125. The van der Waals surface area contributed by atoms with Gasteiger partial charge in [0.25, 0.3) is 0 Å². The highest BCUT2D eigenvalue weighted by atomic mass is 79.9. The van der Waals surface area contributed by atoms with Gasteiger partial charge in [0.05, 0.1) is 11.6 Å². The van der Waals surface area contributed by atoms with E-state index in [0.29, 0.717) is 16.9 Å². The molecule has 68 valence electrons. The van der Waals surface area contributed by atoms with Crippen molar-refractivity contribution in [1.82, 2.24) is 0 Å². The number of rotatable bonds is 1. The summed E-state index contributed by atoms with van der Waals surface area (Å²) < 4.78 is 16.2. The maximum Gasteiger partial charge on any atom is 0.363 e. The molecule has 1 aromatic carbocycles. The third kappa shape index (κ3) is 1.38. The van der Waals surface area contributed by atoms with Gasteiger partial charge in [-0.25, -0.2) is 0 Å². The number of fused-ring (bicyclic) bond motifs is 1. The molecule has 2 rings (SSSR count). The van der Waals surface area contributed by atoms with Gasteiger partial charge in [0.2, 0.25) is 5.58 Å². The third-order valence-electron chi connectivity index (χ3n) is 1.62. The Bertz CT molecular complexity index is 500. The van der Waals surface area contributed by atoms with E-state index in [2.05, 4.69) is 15.9 Å². The highest BCUT2D eigenvalue weighted by molar-refractivity contribution is 9.10. The Labute approximate surface area is 87.4 Å². The van der Waals surface area contributed by atoms with E-state index in [1.165, 1.54) is 0 Å². The molecule has 0 unspecified atom stereocenters. The monoisotopic (exact) mass is 260 g/mol. The summed E-state index contributed by atoms with van der Waals surface area (Å²) in [6.45, 7) is 0. The molecule has 1 aromatic heterocycles. The first-order valence-corrected chi connectivity index (χ1v) is 4.68. The van der Waals surface area contributed by atoms with Gasteiger partial charge in [-0.3, -0.25) is 0 Å². The summed E-state index contributed by atoms with van der Waals surface area (Å²) in [5.74, 6) is 0.609. The van der Waals surface area contributed by atoms with Crippen molar-refractivity contribution >= 4 is 39.3 Å². The summed E-state index contributed by atoms with van der Waals surface area (Å²) in [5, 5.41) is 0. The number of ether oxygens (including phenoxy) is 1. The van der Waals surface area contributed by atoms with Gasteiger partial charge in [0, 0.05) is 12.2 Å². The van der Waals surface area contributed by atoms with Crippen LogP contribution in [0.1, 0.15) is 0 Å². The van der Waals surface area contributed by atoms with Crippen LogP contribution in [-0.2, 0) is 0 Å². The molecule has 3 nitrogen and oxygen atoms in total. The van der Waals surface area contributed by atoms with Crippen LogP contribution in [0.4, 0.5) is 0 Å². The molecule has 0 fully saturated rings. The SMILES string of the molecule is COc1ccc(Br)c2oc(=S)oc12. The number of hydrogen-bond acceptors (Lipinski definition) is 4. The van der Waals surface area contributed by atoms with Crippen molar-refractivity contribution in [3.63, 3.8) is 0 Å². The van der Waals surface area contributed by atoms with Crippen LogP contribution in [0.5, 0.6) is 5.75 Å². The zero-order valence-electron chi connectivity index (χ0n) is 6.67. The molecule has 0 N–H and O–H groups in total. The summed E-state index contributed by atoms with van der Waals surface area (Å²) in [7, 11) is 1.56. The maximum atomic E-state index is 5.16. The third-order valence-corrected chi connectivity index (χ3v) is 2.41. The second-order valence-corrected chi connectivity index (χ2v) is 3.55. The van der Waals surface area contributed by atoms with Gasteiger partial charge < -0.3 is 13.6 Å². The smallest absolute Gasteiger partial charge is 0.363 e. The molecule has 1 heterocycles. The fourth-order valence-corrected chi connectivity index (χ4v) is 1.62. The molecule has 0 aliphatic carbocycles. The molecule has 2 aromatic rings. The minimum atomic E-state index is 0.0974. The Hall–Kier alpha value is -0.810. The zero-order chi connectivity index (χ0) is 9.42. The minimum Gasteiger partial charge on any atom is -0.493 e. The van der Waals surface area contributed by atoms with Gasteiger partial charge in [-0.15, -0.1) is 0 Å². The van der Waals surface area contributed by atoms with Crippen LogP contribution in [0.3, 0.4) is 0 Å². The Kier molecular flexibility index (Phi) is 2.13. The predicted molar refractivity (Wildman–Crippen MR) is 53.6 cm³/mol. The second kappa shape index (κ2) is 3.16. The normalized spacial score (nSPS) is 10.6. The molecule has 0 bridgehead atoms. The summed E-state index contributed by atoms with van der Waals surface area (Å²) in [6.07, 6.45) is 0. The van der Waals surface area contributed by atoms with Crippen molar-refractivity contribution in [2.24, 2.45) is 0 Å². The summed E-state index contributed by atoms with van der Waals surface area (Å²) in [5.41, 5.74) is 1.10. The van der Waals surface area contributed by atoms with E-state index in [4.69, 9.17) is 25.8 Å². The standard InChI is InChI=1S/C8H5BrO3S/c1-10-5-3-2-4(9)6-7(5)12-8(13)11-6/h2-3H,1H3. The lowest BCUT2D eigenvalue weighted by Crippen LogP contribution is -1.82. The van der Waals surface area contributed by atoms with Gasteiger partial charge in [-0.2, -0.15) is 0 Å². The first kappa shape index (κ1) is 8.77. The van der Waals surface area contributed by atoms with Gasteiger partial charge in [-0.05, 0) is 28.1 Å². The Morgan fingerprint density at radius 2 is 2.00 bits per heavy atom. The van der Waals surface area contributed by atoms with Crippen LogP contribution in [-0.4, -0.2) is 7.11 Å². The molecular formula is C8H5BrO3S. The van der Waals surface area contributed by atoms with E-state index in [-0.39, 0.29) is 4.90 Å². The van der Waals surface area contributed by atoms with Crippen molar-refractivity contribution in [2.45, 2.75) is 0 Å². The molecule has 0 radical (unpaired) electrons. The maximum absolute atomic E-state index is 5.16. The van der Waals surface area contributed by atoms with Crippen molar-refractivity contribution in [3.05, 3.63) is 21.5 Å². The van der Waals surface area contributed by atoms with E-state index in [9.17, 15) is 0 Å². The van der Waals surface area contributed by atoms with E-state index in [1.807, 2.05) is 6.07 Å². The van der Waals surface area contributed by atoms with Crippen LogP contribution in [0.15, 0.2) is 25.4 Å². The average Bonchev–Trinajstić information content (AvgIpc) is 2.48. The fourth-order valence-electron chi connectivity index (χ4n) is 1.06. The molecule has 0 atom stereocenters. The Morgan fingerprint density at radius 3 is 2.69 bits per heavy atom. The summed E-state index contributed by atoms with van der Waals surface area (Å²) >= 11 is 8.09. The van der Waals surface area contributed by atoms with Gasteiger partial charge in [0.15, 0.2) is 11.3 Å². The first-order chi connectivity index (χ1) is 6.22. The minimum absolute atomic E-state index is 0.0974. The quantitative estimate of drug-likeness (QED) is 0.735. The van der Waals surface area contributed by atoms with Crippen LogP contribution < -0.4 is 4.74 Å². The number of methoxy groups -OCH3 is 1. The lowest BCUT2D eigenvalue weighted by molar-refractivity contribution is 0.402. The number of hydrogen-bond donors (Lipinski definition) is 0. The lowest BCUT2D eigenvalue weighted by atomic mass is 10.3. The van der Waals surface area contributed by atoms with E-state index < -0.39 is 0 Å². The molecule has 0 spiro atoms. The van der Waals surface area contributed by atoms with Gasteiger partial charge in [-0.1, -0.05) is 0 Å². The van der Waals surface area contributed by atoms with E-state index in [1.54, 1.807) is 13.2 Å². The summed E-state index contributed by atoms with van der Waals surface area (Å²) in [6, 6.07) is 3.59. The molecule has 13 heavy (non-hydrogen) atoms. The molecule has 0 aliphatic rings. The predicted octanol–water partition coefficient (Wildman–Crippen LogP) is 3.53. The molecule has 5 heteroatoms. The largest absolute Gasteiger partial charge is 0.493 e. The Balaban J connectivity index is 2.91. The number of benzene rings is 1. The Morgan fingerprint density at radius 1 is 1.31 bits per heavy atom. The van der Waals surface area contributed by atoms with Gasteiger partial charge >= 0.3 is 4.90 Å². The van der Waals surface area contributed by atoms with Crippen molar-refractivity contribution in [1.29, 1.82) is 0 Å². The zero-order valence-corrected chi connectivity index (χ0v) is 9.07. The van der Waals surface area contributed by atoms with E-state index in [0.717, 1.165) is 4.47 Å². The van der Waals surface area contributed by atoms with Crippen LogP contribution in [0.25, 0.3) is 11.2 Å². The average molecular weight is 261 g/mol. The van der Waals surface area contributed by atoms with Gasteiger partial charge in [0.1, 0.15) is 0 Å². The molecule has 0 saturated carbocycles. The van der Waals surface area contributed by atoms with E-state index >= 15 is 0 Å². The first-order valence-electron chi connectivity index (χ1n) is 3.48. The highest BCUT2D eigenvalue weighted by Gasteiger charge is 2.11. The lowest BCUT2D eigenvalue weighted by Gasteiger charge is -1.98. The molecule has 0 saturated heterocycles. The molecule has 0 aliphatic heterocycles. The topological polar surface area (TPSA) is 35.5 Å². The van der Waals surface area contributed by atoms with Crippen LogP contribution in [0, 0.1) is 4.90 Å². The second-order valence-electron chi connectivity index (χ2n) is 2.36.